The molecule has 0 aliphatic rings. The van der Waals surface area contributed by atoms with E-state index in [1.165, 1.54) is 0 Å². The molecule has 4 nitrogen and oxygen atoms in total. The number of benzene rings is 1. The third kappa shape index (κ3) is 4.16. The summed E-state index contributed by atoms with van der Waals surface area (Å²) in [6.07, 6.45) is 0. The molecule has 1 rings (SSSR count). The van der Waals surface area contributed by atoms with Gasteiger partial charge >= 0.3 is 5.97 Å². The van der Waals surface area contributed by atoms with E-state index in [1.54, 1.807) is 25.1 Å². The molecule has 86 valence electrons. The Morgan fingerprint density at radius 3 is 2.81 bits per heavy atom. The molecule has 0 fully saturated rings. The van der Waals surface area contributed by atoms with Crippen LogP contribution in [0.2, 0.25) is 10.0 Å². The van der Waals surface area contributed by atoms with Crippen molar-refractivity contribution in [2.75, 3.05) is 13.2 Å². The number of hydrogen-bond acceptors (Lipinski definition) is 4. The van der Waals surface area contributed by atoms with Crippen LogP contribution in [-0.2, 0) is 9.53 Å². The highest BCUT2D eigenvalue weighted by Crippen LogP contribution is 2.27. The van der Waals surface area contributed by atoms with Gasteiger partial charge in [0, 0.05) is 5.02 Å². The van der Waals surface area contributed by atoms with Gasteiger partial charge in [-0.2, -0.15) is 10.2 Å². The molecule has 1 aromatic rings. The predicted octanol–water partition coefficient (Wildman–Crippen LogP) is 3.64. The minimum atomic E-state index is -0.420. The van der Waals surface area contributed by atoms with Gasteiger partial charge in [-0.05, 0) is 25.1 Å². The third-order valence-corrected chi connectivity index (χ3v) is 2.13. The van der Waals surface area contributed by atoms with E-state index >= 15 is 0 Å². The molecule has 0 bridgehead atoms. The van der Waals surface area contributed by atoms with Crippen LogP contribution >= 0.6 is 23.2 Å². The molecular weight excluding hydrogens is 251 g/mol. The molecule has 6 heteroatoms. The summed E-state index contributed by atoms with van der Waals surface area (Å²) >= 11 is 11.6. The molecule has 0 unspecified atom stereocenters. The van der Waals surface area contributed by atoms with Gasteiger partial charge in [-0.25, -0.2) is 4.79 Å². The van der Waals surface area contributed by atoms with Crippen LogP contribution in [0.15, 0.2) is 28.4 Å². The second kappa shape index (κ2) is 6.45. The van der Waals surface area contributed by atoms with Crippen molar-refractivity contribution in [3.05, 3.63) is 28.2 Å². The van der Waals surface area contributed by atoms with E-state index in [0.29, 0.717) is 22.3 Å². The van der Waals surface area contributed by atoms with Crippen LogP contribution in [0, 0.1) is 0 Å². The monoisotopic (exact) mass is 260 g/mol. The lowest BCUT2D eigenvalue weighted by Gasteiger charge is -1.98. The number of rotatable bonds is 4. The number of azo groups is 1. The van der Waals surface area contributed by atoms with Crippen LogP contribution in [0.3, 0.4) is 0 Å². The number of ether oxygens (including phenoxy) is 1. The summed E-state index contributed by atoms with van der Waals surface area (Å²) in [5.74, 6) is -0.420. The molecule has 16 heavy (non-hydrogen) atoms. The molecule has 0 amide bonds. The Morgan fingerprint density at radius 1 is 1.44 bits per heavy atom. The van der Waals surface area contributed by atoms with Gasteiger partial charge in [0.15, 0.2) is 6.54 Å². The van der Waals surface area contributed by atoms with Gasteiger partial charge in [-0.3, -0.25) is 0 Å². The summed E-state index contributed by atoms with van der Waals surface area (Å²) in [6, 6.07) is 4.83. The average Bonchev–Trinajstić information content (AvgIpc) is 2.22. The van der Waals surface area contributed by atoms with Gasteiger partial charge in [0.2, 0.25) is 0 Å². The van der Waals surface area contributed by atoms with Crippen molar-refractivity contribution in [2.45, 2.75) is 6.92 Å². The van der Waals surface area contributed by atoms with Gasteiger partial charge in [-0.15, -0.1) is 0 Å². The molecule has 0 N–H and O–H groups in total. The zero-order valence-electron chi connectivity index (χ0n) is 8.61. The first-order valence-electron chi connectivity index (χ1n) is 4.61. The Bertz CT molecular complexity index is 408. The Hall–Kier alpha value is -1.13. The van der Waals surface area contributed by atoms with Crippen molar-refractivity contribution in [1.82, 2.24) is 0 Å². The third-order valence-electron chi connectivity index (χ3n) is 1.59. The molecule has 0 saturated carbocycles. The van der Waals surface area contributed by atoms with E-state index in [9.17, 15) is 4.79 Å². The van der Waals surface area contributed by atoms with Crippen LogP contribution in [0.1, 0.15) is 6.92 Å². The number of esters is 1. The SMILES string of the molecule is CCOC(=O)CN=Nc1ccc(Cl)cc1Cl. The number of carbonyl (C=O) groups is 1. The fourth-order valence-electron chi connectivity index (χ4n) is 0.938. The predicted molar refractivity (Wildman–Crippen MR) is 62.5 cm³/mol. The molecule has 0 heterocycles. The first kappa shape index (κ1) is 12.9. The quantitative estimate of drug-likeness (QED) is 0.613. The van der Waals surface area contributed by atoms with Crippen molar-refractivity contribution >= 4 is 34.9 Å². The number of hydrogen-bond donors (Lipinski definition) is 0. The van der Waals surface area contributed by atoms with Crippen LogP contribution in [0.5, 0.6) is 0 Å². The zero-order valence-corrected chi connectivity index (χ0v) is 10.1. The van der Waals surface area contributed by atoms with Gasteiger partial charge in [0.25, 0.3) is 0 Å². The number of carbonyl (C=O) groups excluding carboxylic acids is 1. The van der Waals surface area contributed by atoms with E-state index in [0.717, 1.165) is 0 Å². The van der Waals surface area contributed by atoms with Crippen LogP contribution in [0.4, 0.5) is 5.69 Å². The van der Waals surface area contributed by atoms with Gasteiger partial charge < -0.3 is 4.74 Å². The van der Waals surface area contributed by atoms with Crippen molar-refractivity contribution in [3.8, 4) is 0 Å². The maximum absolute atomic E-state index is 10.9. The first-order chi connectivity index (χ1) is 7.63. The fraction of sp³-hybridized carbons (Fsp3) is 0.300. The minimum Gasteiger partial charge on any atom is -0.465 e. The largest absolute Gasteiger partial charge is 0.465 e. The Balaban J connectivity index is 2.59. The fourth-order valence-corrected chi connectivity index (χ4v) is 1.38. The average molecular weight is 261 g/mol. The highest BCUT2D eigenvalue weighted by molar-refractivity contribution is 6.36. The lowest BCUT2D eigenvalue weighted by Crippen LogP contribution is -2.06. The summed E-state index contributed by atoms with van der Waals surface area (Å²) < 4.78 is 4.68. The molecule has 0 atom stereocenters. The van der Waals surface area contributed by atoms with Crippen molar-refractivity contribution in [2.24, 2.45) is 10.2 Å². The van der Waals surface area contributed by atoms with Gasteiger partial charge in [0.05, 0.1) is 11.6 Å². The second-order valence-electron chi connectivity index (χ2n) is 2.80. The Labute approximate surface area is 103 Å². The van der Waals surface area contributed by atoms with Crippen LogP contribution in [0.25, 0.3) is 0 Å². The molecular formula is C10H10Cl2N2O2. The van der Waals surface area contributed by atoms with E-state index in [-0.39, 0.29) is 6.54 Å². The summed E-state index contributed by atoms with van der Waals surface area (Å²) in [7, 11) is 0. The summed E-state index contributed by atoms with van der Waals surface area (Å²) in [5, 5.41) is 8.39. The van der Waals surface area contributed by atoms with Gasteiger partial charge in [-0.1, -0.05) is 23.2 Å². The van der Waals surface area contributed by atoms with Gasteiger partial charge in [0.1, 0.15) is 5.69 Å². The maximum Gasteiger partial charge on any atom is 0.329 e. The molecule has 0 radical (unpaired) electrons. The molecule has 0 spiro atoms. The highest BCUT2D eigenvalue weighted by Gasteiger charge is 2.01. The van der Waals surface area contributed by atoms with Crippen molar-refractivity contribution in [1.29, 1.82) is 0 Å². The smallest absolute Gasteiger partial charge is 0.329 e. The molecule has 0 aliphatic carbocycles. The van der Waals surface area contributed by atoms with E-state index in [2.05, 4.69) is 15.0 Å². The lowest BCUT2D eigenvalue weighted by molar-refractivity contribution is -0.141. The standard InChI is InChI=1S/C10H10Cl2N2O2/c1-2-16-10(15)6-13-14-9-4-3-7(11)5-8(9)12/h3-5H,2,6H2,1H3. The van der Waals surface area contributed by atoms with E-state index in [4.69, 9.17) is 23.2 Å². The minimum absolute atomic E-state index is 0.118. The Morgan fingerprint density at radius 2 is 2.19 bits per heavy atom. The Kier molecular flexibility index (Phi) is 5.22. The van der Waals surface area contributed by atoms with Crippen LogP contribution < -0.4 is 0 Å². The topological polar surface area (TPSA) is 51.0 Å². The highest BCUT2D eigenvalue weighted by atomic mass is 35.5. The van der Waals surface area contributed by atoms with Crippen LogP contribution in [-0.4, -0.2) is 19.1 Å². The number of halogens is 2. The zero-order chi connectivity index (χ0) is 12.0. The van der Waals surface area contributed by atoms with E-state index in [1.807, 2.05) is 0 Å². The lowest BCUT2D eigenvalue weighted by atomic mass is 10.3. The molecule has 0 saturated heterocycles. The van der Waals surface area contributed by atoms with Crippen molar-refractivity contribution in [3.63, 3.8) is 0 Å². The summed E-state index contributed by atoms with van der Waals surface area (Å²) in [5.41, 5.74) is 0.468. The van der Waals surface area contributed by atoms with Crippen molar-refractivity contribution < 1.29 is 9.53 Å². The number of nitrogens with zero attached hydrogens (tertiary/aromatic N) is 2. The second-order valence-corrected chi connectivity index (χ2v) is 3.64. The maximum atomic E-state index is 10.9. The summed E-state index contributed by atoms with van der Waals surface area (Å²) in [4.78, 5) is 10.9. The normalized spacial score (nSPS) is 10.7. The summed E-state index contributed by atoms with van der Waals surface area (Å²) in [6.45, 7) is 1.94. The van der Waals surface area contributed by atoms with E-state index < -0.39 is 5.97 Å². The molecule has 0 aromatic heterocycles. The molecule has 0 aliphatic heterocycles. The first-order valence-corrected chi connectivity index (χ1v) is 5.37. The molecule has 1 aromatic carbocycles.